The van der Waals surface area contributed by atoms with Crippen LogP contribution in [0.4, 0.5) is 0 Å². The Morgan fingerprint density at radius 1 is 1.05 bits per heavy atom. The molecule has 0 aromatic heterocycles. The Morgan fingerprint density at radius 3 is 2.68 bits per heavy atom. The van der Waals surface area contributed by atoms with Crippen molar-refractivity contribution >= 4 is 0 Å². The smallest absolute Gasteiger partial charge is 0.0208 e. The zero-order valence-corrected chi connectivity index (χ0v) is 12.7. The molecule has 2 rings (SSSR count). The number of aryl methyl sites for hydroxylation is 2. The SMILES string of the molecule is CCCCC(CCC)NCc1ccc2c(c1)CCC2. The van der Waals surface area contributed by atoms with Crippen molar-refractivity contribution in [2.24, 2.45) is 0 Å². The number of benzene rings is 1. The maximum atomic E-state index is 3.76. The van der Waals surface area contributed by atoms with E-state index < -0.39 is 0 Å². The summed E-state index contributed by atoms with van der Waals surface area (Å²) >= 11 is 0. The highest BCUT2D eigenvalue weighted by atomic mass is 14.9. The molecule has 0 saturated carbocycles. The Labute approximate surface area is 118 Å². The summed E-state index contributed by atoms with van der Waals surface area (Å²) in [5.74, 6) is 0. The number of hydrogen-bond acceptors (Lipinski definition) is 1. The Hall–Kier alpha value is -0.820. The third-order valence-corrected chi connectivity index (χ3v) is 4.30. The Balaban J connectivity index is 1.85. The van der Waals surface area contributed by atoms with E-state index in [0.717, 1.165) is 6.54 Å². The molecule has 1 aliphatic rings. The van der Waals surface area contributed by atoms with Gasteiger partial charge in [-0.1, -0.05) is 51.3 Å². The minimum atomic E-state index is 0.707. The van der Waals surface area contributed by atoms with Gasteiger partial charge in [0.2, 0.25) is 0 Å². The van der Waals surface area contributed by atoms with Gasteiger partial charge in [-0.3, -0.25) is 0 Å². The molecule has 0 fully saturated rings. The molecule has 1 aliphatic carbocycles. The van der Waals surface area contributed by atoms with Crippen molar-refractivity contribution in [1.82, 2.24) is 5.32 Å². The molecular formula is C18H29N. The number of unbranched alkanes of at least 4 members (excludes halogenated alkanes) is 1. The molecular weight excluding hydrogens is 230 g/mol. The fraction of sp³-hybridized carbons (Fsp3) is 0.667. The topological polar surface area (TPSA) is 12.0 Å². The lowest BCUT2D eigenvalue weighted by molar-refractivity contribution is 0.434. The number of rotatable bonds is 8. The van der Waals surface area contributed by atoms with Crippen LogP contribution < -0.4 is 5.32 Å². The van der Waals surface area contributed by atoms with Gasteiger partial charge in [-0.25, -0.2) is 0 Å². The third kappa shape index (κ3) is 4.35. The molecule has 1 nitrogen and oxygen atoms in total. The van der Waals surface area contributed by atoms with Crippen molar-refractivity contribution in [2.45, 2.75) is 77.8 Å². The molecule has 0 aliphatic heterocycles. The summed E-state index contributed by atoms with van der Waals surface area (Å²) in [7, 11) is 0. The first-order chi connectivity index (χ1) is 9.33. The van der Waals surface area contributed by atoms with Gasteiger partial charge in [0.25, 0.3) is 0 Å². The van der Waals surface area contributed by atoms with Crippen LogP contribution in [0, 0.1) is 0 Å². The fourth-order valence-corrected chi connectivity index (χ4v) is 3.14. The number of fused-ring (bicyclic) bond motifs is 1. The van der Waals surface area contributed by atoms with E-state index >= 15 is 0 Å². The molecule has 1 unspecified atom stereocenters. The first kappa shape index (κ1) is 14.6. The lowest BCUT2D eigenvalue weighted by Crippen LogP contribution is -2.28. The van der Waals surface area contributed by atoms with E-state index in [1.807, 2.05) is 0 Å². The second-order valence-corrected chi connectivity index (χ2v) is 5.97. The van der Waals surface area contributed by atoms with Crippen molar-refractivity contribution < 1.29 is 0 Å². The van der Waals surface area contributed by atoms with Crippen LogP contribution in [0.5, 0.6) is 0 Å². The first-order valence-corrected chi connectivity index (χ1v) is 8.17. The highest BCUT2D eigenvalue weighted by Crippen LogP contribution is 2.22. The van der Waals surface area contributed by atoms with Gasteiger partial charge in [-0.15, -0.1) is 0 Å². The second-order valence-electron chi connectivity index (χ2n) is 5.97. The molecule has 1 heteroatoms. The van der Waals surface area contributed by atoms with Crippen molar-refractivity contribution in [2.75, 3.05) is 0 Å². The average molecular weight is 259 g/mol. The van der Waals surface area contributed by atoms with Gasteiger partial charge in [0, 0.05) is 12.6 Å². The fourth-order valence-electron chi connectivity index (χ4n) is 3.14. The maximum absolute atomic E-state index is 3.76. The molecule has 1 aromatic carbocycles. The molecule has 0 heterocycles. The second kappa shape index (κ2) is 7.69. The van der Waals surface area contributed by atoms with Crippen LogP contribution in [0.15, 0.2) is 18.2 Å². The summed E-state index contributed by atoms with van der Waals surface area (Å²) in [6, 6.07) is 7.80. The molecule has 106 valence electrons. The van der Waals surface area contributed by atoms with E-state index in [1.165, 1.54) is 56.9 Å². The van der Waals surface area contributed by atoms with Crippen LogP contribution in [0.1, 0.15) is 69.1 Å². The zero-order chi connectivity index (χ0) is 13.5. The van der Waals surface area contributed by atoms with Gasteiger partial charge in [-0.05, 0) is 48.8 Å². The number of hydrogen-bond donors (Lipinski definition) is 1. The monoisotopic (exact) mass is 259 g/mol. The van der Waals surface area contributed by atoms with E-state index in [9.17, 15) is 0 Å². The van der Waals surface area contributed by atoms with Crippen LogP contribution in [-0.4, -0.2) is 6.04 Å². The van der Waals surface area contributed by atoms with Gasteiger partial charge >= 0.3 is 0 Å². The van der Waals surface area contributed by atoms with Crippen LogP contribution >= 0.6 is 0 Å². The quantitative estimate of drug-likeness (QED) is 0.718. The van der Waals surface area contributed by atoms with Crippen LogP contribution in [0.3, 0.4) is 0 Å². The average Bonchev–Trinajstić information content (AvgIpc) is 2.89. The predicted molar refractivity (Wildman–Crippen MR) is 83.5 cm³/mol. The van der Waals surface area contributed by atoms with E-state index in [1.54, 1.807) is 11.1 Å². The Morgan fingerprint density at radius 2 is 1.89 bits per heavy atom. The van der Waals surface area contributed by atoms with Crippen LogP contribution in [0.25, 0.3) is 0 Å². The van der Waals surface area contributed by atoms with Crippen molar-refractivity contribution in [3.8, 4) is 0 Å². The standard InChI is InChI=1S/C18H29N/c1-3-5-10-18(7-4-2)19-14-15-11-12-16-8-6-9-17(16)13-15/h11-13,18-19H,3-10,14H2,1-2H3. The summed E-state index contributed by atoms with van der Waals surface area (Å²) < 4.78 is 0. The highest BCUT2D eigenvalue weighted by Gasteiger charge is 2.11. The van der Waals surface area contributed by atoms with Crippen molar-refractivity contribution in [1.29, 1.82) is 0 Å². The molecule has 0 spiro atoms. The van der Waals surface area contributed by atoms with Gasteiger partial charge in [-0.2, -0.15) is 0 Å². The number of nitrogens with one attached hydrogen (secondary N) is 1. The highest BCUT2D eigenvalue weighted by molar-refractivity contribution is 5.35. The largest absolute Gasteiger partial charge is 0.310 e. The lowest BCUT2D eigenvalue weighted by atomic mass is 10.0. The summed E-state index contributed by atoms with van der Waals surface area (Å²) in [5.41, 5.74) is 4.65. The summed E-state index contributed by atoms with van der Waals surface area (Å²) in [4.78, 5) is 0. The van der Waals surface area contributed by atoms with E-state index in [-0.39, 0.29) is 0 Å². The first-order valence-electron chi connectivity index (χ1n) is 8.17. The van der Waals surface area contributed by atoms with Gasteiger partial charge in [0.05, 0.1) is 0 Å². The van der Waals surface area contributed by atoms with E-state index in [4.69, 9.17) is 0 Å². The van der Waals surface area contributed by atoms with Crippen molar-refractivity contribution in [3.05, 3.63) is 34.9 Å². The van der Waals surface area contributed by atoms with Gasteiger partial charge < -0.3 is 5.32 Å². The molecule has 1 aromatic rings. The third-order valence-electron chi connectivity index (χ3n) is 4.30. The molecule has 0 saturated heterocycles. The van der Waals surface area contributed by atoms with E-state index in [0.29, 0.717) is 6.04 Å². The molecule has 19 heavy (non-hydrogen) atoms. The molecule has 1 atom stereocenters. The molecule has 0 radical (unpaired) electrons. The zero-order valence-electron chi connectivity index (χ0n) is 12.7. The predicted octanol–water partition coefficient (Wildman–Crippen LogP) is 4.62. The molecule has 1 N–H and O–H groups in total. The summed E-state index contributed by atoms with van der Waals surface area (Å²) in [6.07, 6.45) is 10.5. The normalized spacial score (nSPS) is 15.5. The minimum Gasteiger partial charge on any atom is -0.310 e. The lowest BCUT2D eigenvalue weighted by Gasteiger charge is -2.18. The minimum absolute atomic E-state index is 0.707. The van der Waals surface area contributed by atoms with Crippen molar-refractivity contribution in [3.63, 3.8) is 0 Å². The molecule has 0 amide bonds. The Bertz CT molecular complexity index is 383. The maximum Gasteiger partial charge on any atom is 0.0208 e. The Kier molecular flexibility index (Phi) is 5.91. The van der Waals surface area contributed by atoms with Gasteiger partial charge in [0.15, 0.2) is 0 Å². The summed E-state index contributed by atoms with van der Waals surface area (Å²) in [6.45, 7) is 5.61. The van der Waals surface area contributed by atoms with Gasteiger partial charge in [0.1, 0.15) is 0 Å². The van der Waals surface area contributed by atoms with Crippen LogP contribution in [-0.2, 0) is 19.4 Å². The molecule has 0 bridgehead atoms. The summed E-state index contributed by atoms with van der Waals surface area (Å²) in [5, 5.41) is 3.76. The van der Waals surface area contributed by atoms with E-state index in [2.05, 4.69) is 37.4 Å². The van der Waals surface area contributed by atoms with Crippen LogP contribution in [0.2, 0.25) is 0 Å².